The van der Waals surface area contributed by atoms with Crippen molar-refractivity contribution in [1.29, 1.82) is 0 Å². The van der Waals surface area contributed by atoms with Crippen LogP contribution in [0.25, 0.3) is 0 Å². The van der Waals surface area contributed by atoms with Crippen molar-refractivity contribution in [2.45, 2.75) is 9.79 Å². The fraction of sp³-hybridized carbons (Fsp3) is 0. The van der Waals surface area contributed by atoms with Crippen LogP contribution in [0.15, 0.2) is 52.3 Å². The average molecular weight is 228 g/mol. The average Bonchev–Trinajstić information content (AvgIpc) is 2.35. The van der Waals surface area contributed by atoms with Crippen LogP contribution in [0.1, 0.15) is 0 Å². The normalized spacial score (nSPS) is 12.3. The highest BCUT2D eigenvalue weighted by atomic mass is 32.2. The van der Waals surface area contributed by atoms with E-state index in [-0.39, 0.29) is 0 Å². The summed E-state index contributed by atoms with van der Waals surface area (Å²) in [5, 5.41) is 3.27. The lowest BCUT2D eigenvalue weighted by Gasteiger charge is -2.22. The summed E-state index contributed by atoms with van der Waals surface area (Å²) in [6.45, 7) is 0. The molecule has 0 unspecified atom stereocenters. The number of para-hydroxylation sites is 2. The smallest absolute Gasteiger partial charge is 0.354 e. The van der Waals surface area contributed by atoms with Gasteiger partial charge in [0.2, 0.25) is 0 Å². The number of rotatable bonds is 1. The Morgan fingerprint density at radius 3 is 2.69 bits per heavy atom. The Kier molecular flexibility index (Phi) is 2.37. The second kappa shape index (κ2) is 3.87. The summed E-state index contributed by atoms with van der Waals surface area (Å²) in [5.74, 6) is 0. The first-order valence-electron chi connectivity index (χ1n) is 4.99. The van der Waals surface area contributed by atoms with E-state index >= 15 is 0 Å². The third-order valence-corrected chi connectivity index (χ3v) is 3.68. The Labute approximate surface area is 98.4 Å². The number of hydrogen-bond donors (Lipinski definition) is 1. The van der Waals surface area contributed by atoms with Gasteiger partial charge in [-0.05, 0) is 23.7 Å². The second-order valence-corrected chi connectivity index (χ2v) is 4.64. The predicted molar refractivity (Wildman–Crippen MR) is 66.8 cm³/mol. The molecule has 0 bridgehead atoms. The molecule has 0 aromatic heterocycles. The Bertz CT molecular complexity index is 544. The van der Waals surface area contributed by atoms with Crippen molar-refractivity contribution in [3.63, 3.8) is 0 Å². The quantitative estimate of drug-likeness (QED) is 0.642. The molecule has 77 valence electrons. The lowest BCUT2D eigenvalue weighted by molar-refractivity contribution is 0.884. The van der Waals surface area contributed by atoms with Crippen LogP contribution in [0.5, 0.6) is 0 Å². The molecule has 2 aromatic carbocycles. The molecule has 1 nitrogen and oxygen atoms in total. The molecule has 1 aliphatic rings. The third-order valence-electron chi connectivity index (χ3n) is 2.54. The number of nitrogens with one attached hydrogen (secondary N) is 1. The van der Waals surface area contributed by atoms with Gasteiger partial charge >= 0.3 is 7.56 Å². The SMILES string of the molecule is F[B]c1cccc2c1Nc1ccccc1S2. The van der Waals surface area contributed by atoms with Crippen LogP contribution in [-0.4, -0.2) is 7.56 Å². The molecule has 4 heteroatoms. The molecule has 0 spiro atoms. The molecule has 0 saturated heterocycles. The highest BCUT2D eigenvalue weighted by Crippen LogP contribution is 2.42. The maximum atomic E-state index is 12.7. The molecule has 0 atom stereocenters. The molecule has 16 heavy (non-hydrogen) atoms. The van der Waals surface area contributed by atoms with Crippen LogP contribution in [0.4, 0.5) is 15.7 Å². The van der Waals surface area contributed by atoms with Crippen LogP contribution < -0.4 is 10.8 Å². The fourth-order valence-corrected chi connectivity index (χ4v) is 2.80. The van der Waals surface area contributed by atoms with E-state index in [1.54, 1.807) is 17.8 Å². The fourth-order valence-electron chi connectivity index (χ4n) is 1.77. The second-order valence-electron chi connectivity index (χ2n) is 3.55. The topological polar surface area (TPSA) is 12.0 Å². The molecule has 2 aromatic rings. The summed E-state index contributed by atoms with van der Waals surface area (Å²) in [4.78, 5) is 2.23. The van der Waals surface area contributed by atoms with Crippen LogP contribution in [-0.2, 0) is 0 Å². The lowest BCUT2D eigenvalue weighted by Crippen LogP contribution is -2.17. The summed E-state index contributed by atoms with van der Waals surface area (Å²) in [7, 11) is 0.639. The van der Waals surface area contributed by atoms with Crippen molar-refractivity contribution in [2.24, 2.45) is 0 Å². The van der Waals surface area contributed by atoms with Gasteiger partial charge in [0.05, 0.1) is 5.69 Å². The van der Waals surface area contributed by atoms with E-state index in [0.29, 0.717) is 13.0 Å². The van der Waals surface area contributed by atoms with Gasteiger partial charge in [-0.1, -0.05) is 36.0 Å². The van der Waals surface area contributed by atoms with E-state index in [4.69, 9.17) is 0 Å². The van der Waals surface area contributed by atoms with Crippen molar-refractivity contribution in [3.05, 3.63) is 42.5 Å². The van der Waals surface area contributed by atoms with E-state index in [2.05, 4.69) is 11.4 Å². The Hall–Kier alpha value is -1.42. The van der Waals surface area contributed by atoms with Crippen molar-refractivity contribution < 1.29 is 4.32 Å². The van der Waals surface area contributed by atoms with Crippen LogP contribution in [0.3, 0.4) is 0 Å². The minimum absolute atomic E-state index is 0.597. The van der Waals surface area contributed by atoms with Crippen molar-refractivity contribution in [1.82, 2.24) is 0 Å². The summed E-state index contributed by atoms with van der Waals surface area (Å²) in [6.07, 6.45) is 0. The third kappa shape index (κ3) is 1.50. The van der Waals surface area contributed by atoms with Crippen LogP contribution in [0.2, 0.25) is 0 Å². The summed E-state index contributed by atoms with van der Waals surface area (Å²) < 4.78 is 12.7. The van der Waals surface area contributed by atoms with E-state index in [1.165, 1.54) is 4.90 Å². The zero-order chi connectivity index (χ0) is 11.0. The molecule has 0 fully saturated rings. The van der Waals surface area contributed by atoms with E-state index < -0.39 is 0 Å². The summed E-state index contributed by atoms with van der Waals surface area (Å²) in [5.41, 5.74) is 2.49. The van der Waals surface area contributed by atoms with Crippen molar-refractivity contribution in [3.8, 4) is 0 Å². The summed E-state index contributed by atoms with van der Waals surface area (Å²) in [6, 6.07) is 13.7. The maximum absolute atomic E-state index is 12.7. The monoisotopic (exact) mass is 228 g/mol. The Balaban J connectivity index is 2.12. The molecular formula is C12H8BFNS. The van der Waals surface area contributed by atoms with Gasteiger partial charge in [-0.15, -0.1) is 0 Å². The molecule has 1 radical (unpaired) electrons. The van der Waals surface area contributed by atoms with Gasteiger partial charge in [-0.2, -0.15) is 0 Å². The van der Waals surface area contributed by atoms with E-state index in [9.17, 15) is 4.32 Å². The zero-order valence-electron chi connectivity index (χ0n) is 8.41. The van der Waals surface area contributed by atoms with E-state index in [0.717, 1.165) is 16.3 Å². The minimum atomic E-state index is 0.597. The molecule has 0 aliphatic carbocycles. The number of anilines is 2. The molecule has 1 N–H and O–H groups in total. The zero-order valence-corrected chi connectivity index (χ0v) is 9.22. The number of hydrogen-bond acceptors (Lipinski definition) is 2. The standard InChI is InChI=1S/C12H8BFNS/c14-13-8-4-3-7-11-12(8)15-9-5-1-2-6-10(9)16-11/h1-7,15H. The van der Waals surface area contributed by atoms with Crippen LogP contribution in [0, 0.1) is 0 Å². The Morgan fingerprint density at radius 1 is 1.00 bits per heavy atom. The van der Waals surface area contributed by atoms with Crippen molar-refractivity contribution in [2.75, 3.05) is 5.32 Å². The molecule has 0 saturated carbocycles. The maximum Gasteiger partial charge on any atom is 0.394 e. The van der Waals surface area contributed by atoms with Gasteiger partial charge in [0.1, 0.15) is 0 Å². The van der Waals surface area contributed by atoms with Gasteiger partial charge in [0, 0.05) is 15.5 Å². The molecular weight excluding hydrogens is 220 g/mol. The lowest BCUT2D eigenvalue weighted by atomic mass is 9.89. The van der Waals surface area contributed by atoms with Gasteiger partial charge < -0.3 is 9.63 Å². The number of benzene rings is 2. The first kappa shape index (κ1) is 9.79. The number of halogens is 1. The number of fused-ring (bicyclic) bond motifs is 2. The van der Waals surface area contributed by atoms with Gasteiger partial charge in [-0.25, -0.2) is 0 Å². The first-order chi connectivity index (χ1) is 7.88. The highest BCUT2D eigenvalue weighted by molar-refractivity contribution is 7.99. The van der Waals surface area contributed by atoms with E-state index in [1.807, 2.05) is 30.3 Å². The predicted octanol–water partition coefficient (Wildman–Crippen LogP) is 3.11. The summed E-state index contributed by atoms with van der Waals surface area (Å²) >= 11 is 1.66. The molecule has 1 heterocycles. The largest absolute Gasteiger partial charge is 0.394 e. The molecule has 1 aliphatic heterocycles. The van der Waals surface area contributed by atoms with Gasteiger partial charge in [0.15, 0.2) is 0 Å². The van der Waals surface area contributed by atoms with Gasteiger partial charge in [-0.3, -0.25) is 0 Å². The van der Waals surface area contributed by atoms with Crippen LogP contribution >= 0.6 is 11.8 Å². The minimum Gasteiger partial charge on any atom is -0.354 e. The Morgan fingerprint density at radius 2 is 1.81 bits per heavy atom. The first-order valence-corrected chi connectivity index (χ1v) is 5.80. The van der Waals surface area contributed by atoms with Crippen molar-refractivity contribution >= 4 is 36.2 Å². The highest BCUT2D eigenvalue weighted by Gasteiger charge is 2.17. The van der Waals surface area contributed by atoms with Gasteiger partial charge in [0.25, 0.3) is 0 Å². The molecule has 0 amide bonds. The molecule has 3 rings (SSSR count).